The second-order valence-corrected chi connectivity index (χ2v) is 2.73. The summed E-state index contributed by atoms with van der Waals surface area (Å²) in [5.41, 5.74) is -3.19. The molecule has 1 atom stereocenters. The van der Waals surface area contributed by atoms with Crippen LogP contribution in [0.1, 0.15) is 20.8 Å². The first-order chi connectivity index (χ1) is 3.81. The predicted octanol–water partition coefficient (Wildman–Crippen LogP) is -0.382. The van der Waals surface area contributed by atoms with Crippen molar-refractivity contribution in [2.75, 3.05) is 0 Å². The maximum atomic E-state index is 9.94. The van der Waals surface area contributed by atoms with E-state index in [1.54, 1.807) is 0 Å². The van der Waals surface area contributed by atoms with Crippen molar-refractivity contribution < 1.29 is 15.0 Å². The quantitative estimate of drug-likeness (QED) is 0.537. The highest BCUT2D eigenvalue weighted by Crippen LogP contribution is 2.17. The fourth-order valence-corrected chi connectivity index (χ4v) is 0.125. The van der Waals surface area contributed by atoms with Crippen molar-refractivity contribution in [2.24, 2.45) is 0 Å². The molecule has 0 aromatic carbocycles. The van der Waals surface area contributed by atoms with E-state index in [9.17, 15) is 4.79 Å². The summed E-state index contributed by atoms with van der Waals surface area (Å²) >= 11 is 0. The topological polar surface area (TPSA) is 57.5 Å². The highest BCUT2D eigenvalue weighted by atomic mass is 16.4. The van der Waals surface area contributed by atoms with E-state index in [2.05, 4.69) is 0 Å². The number of aliphatic hydroxyl groups is 2. The minimum absolute atomic E-state index is 1.21. The first kappa shape index (κ1) is 8.59. The molecule has 53 valence electrons. The summed E-state index contributed by atoms with van der Waals surface area (Å²) in [5, 5.41) is 18.0. The molecule has 2 N–H and O–H groups in total. The molecule has 9 heavy (non-hydrogen) atoms. The number of hydrogen-bond donors (Lipinski definition) is 2. The fourth-order valence-electron chi connectivity index (χ4n) is 0.125. The SMILES string of the molecule is CC(C)(O)C(C)(O)[C]=O. The lowest BCUT2D eigenvalue weighted by Gasteiger charge is -2.28. The minimum Gasteiger partial charge on any atom is -0.387 e. The van der Waals surface area contributed by atoms with Crippen LogP contribution in [0.4, 0.5) is 0 Å². The molecule has 0 aliphatic carbocycles. The van der Waals surface area contributed by atoms with E-state index in [4.69, 9.17) is 10.2 Å². The Balaban J connectivity index is 4.32. The molecule has 0 rings (SSSR count). The minimum atomic E-state index is -1.77. The summed E-state index contributed by atoms with van der Waals surface area (Å²) in [5.74, 6) is 0. The lowest BCUT2D eigenvalue weighted by Crippen LogP contribution is -2.48. The molecule has 0 saturated heterocycles. The smallest absolute Gasteiger partial charge is 0.235 e. The zero-order valence-corrected chi connectivity index (χ0v) is 5.80. The normalized spacial score (nSPS) is 18.8. The standard InChI is InChI=1S/C6H11O3/c1-5(2,8)6(3,9)4-7/h8-9H,1-3H3. The van der Waals surface area contributed by atoms with Gasteiger partial charge in [0.2, 0.25) is 6.29 Å². The molecule has 1 radical (unpaired) electrons. The summed E-state index contributed by atoms with van der Waals surface area (Å²) < 4.78 is 0. The average molecular weight is 131 g/mol. The first-order valence-corrected chi connectivity index (χ1v) is 2.65. The lowest BCUT2D eigenvalue weighted by atomic mass is 9.89. The van der Waals surface area contributed by atoms with Crippen molar-refractivity contribution in [1.82, 2.24) is 0 Å². The molecule has 0 aliphatic rings. The van der Waals surface area contributed by atoms with E-state index >= 15 is 0 Å². The second-order valence-electron chi connectivity index (χ2n) is 2.73. The Morgan fingerprint density at radius 3 is 1.56 bits per heavy atom. The van der Waals surface area contributed by atoms with E-state index in [0.717, 1.165) is 0 Å². The third kappa shape index (κ3) is 1.77. The summed E-state index contributed by atoms with van der Waals surface area (Å²) in [6, 6.07) is 0. The maximum Gasteiger partial charge on any atom is 0.235 e. The Morgan fingerprint density at radius 1 is 1.22 bits per heavy atom. The Hall–Kier alpha value is -0.410. The molecule has 0 aliphatic heterocycles. The highest BCUT2D eigenvalue weighted by molar-refractivity contribution is 5.64. The van der Waals surface area contributed by atoms with Crippen LogP contribution in [0, 0.1) is 0 Å². The largest absolute Gasteiger partial charge is 0.387 e. The van der Waals surface area contributed by atoms with Gasteiger partial charge in [-0.15, -0.1) is 0 Å². The monoisotopic (exact) mass is 131 g/mol. The van der Waals surface area contributed by atoms with Crippen molar-refractivity contribution in [1.29, 1.82) is 0 Å². The van der Waals surface area contributed by atoms with Crippen LogP contribution in [0.3, 0.4) is 0 Å². The predicted molar refractivity (Wildman–Crippen MR) is 32.6 cm³/mol. The van der Waals surface area contributed by atoms with Gasteiger partial charge in [0.05, 0.1) is 5.60 Å². The summed E-state index contributed by atoms with van der Waals surface area (Å²) in [6.07, 6.45) is 1.34. The number of rotatable bonds is 2. The van der Waals surface area contributed by atoms with Gasteiger partial charge in [0, 0.05) is 0 Å². The van der Waals surface area contributed by atoms with E-state index in [-0.39, 0.29) is 0 Å². The van der Waals surface area contributed by atoms with Crippen molar-refractivity contribution in [3.8, 4) is 0 Å². The van der Waals surface area contributed by atoms with E-state index in [1.165, 1.54) is 27.1 Å². The zero-order chi connectivity index (χ0) is 7.71. The lowest BCUT2D eigenvalue weighted by molar-refractivity contribution is -0.0760. The zero-order valence-electron chi connectivity index (χ0n) is 5.80. The van der Waals surface area contributed by atoms with Crippen LogP contribution in [0.25, 0.3) is 0 Å². The fraction of sp³-hybridized carbons (Fsp3) is 0.833. The Labute approximate surface area is 54.3 Å². The molecule has 3 nitrogen and oxygen atoms in total. The van der Waals surface area contributed by atoms with Crippen LogP contribution < -0.4 is 0 Å². The van der Waals surface area contributed by atoms with Crippen LogP contribution in [-0.2, 0) is 4.79 Å². The third-order valence-corrected chi connectivity index (χ3v) is 1.39. The molecule has 0 fully saturated rings. The molecule has 0 saturated carbocycles. The summed E-state index contributed by atoms with van der Waals surface area (Å²) in [4.78, 5) is 9.94. The van der Waals surface area contributed by atoms with Crippen LogP contribution in [-0.4, -0.2) is 27.7 Å². The Bertz CT molecular complexity index is 110. The van der Waals surface area contributed by atoms with Crippen LogP contribution in [0.5, 0.6) is 0 Å². The molecular weight excluding hydrogens is 120 g/mol. The van der Waals surface area contributed by atoms with Gasteiger partial charge in [-0.1, -0.05) is 0 Å². The highest BCUT2D eigenvalue weighted by Gasteiger charge is 2.38. The maximum absolute atomic E-state index is 9.94. The molecular formula is C6H11O3. The van der Waals surface area contributed by atoms with Gasteiger partial charge in [-0.05, 0) is 20.8 Å². The van der Waals surface area contributed by atoms with Crippen LogP contribution >= 0.6 is 0 Å². The van der Waals surface area contributed by atoms with Gasteiger partial charge in [-0.3, -0.25) is 4.79 Å². The van der Waals surface area contributed by atoms with Crippen LogP contribution in [0.2, 0.25) is 0 Å². The molecule has 0 bridgehead atoms. The molecule has 0 spiro atoms. The van der Waals surface area contributed by atoms with Crippen LogP contribution in [0.15, 0.2) is 0 Å². The van der Waals surface area contributed by atoms with Gasteiger partial charge in [0.15, 0.2) is 5.60 Å². The van der Waals surface area contributed by atoms with Crippen molar-refractivity contribution >= 4 is 6.29 Å². The van der Waals surface area contributed by atoms with Gasteiger partial charge in [-0.25, -0.2) is 0 Å². The number of carbonyl (C=O) groups excluding carboxylic acids is 1. The average Bonchev–Trinajstić information content (AvgIpc) is 1.64. The third-order valence-electron chi connectivity index (χ3n) is 1.39. The van der Waals surface area contributed by atoms with E-state index in [1.807, 2.05) is 0 Å². The van der Waals surface area contributed by atoms with Crippen molar-refractivity contribution in [3.63, 3.8) is 0 Å². The van der Waals surface area contributed by atoms with Gasteiger partial charge in [-0.2, -0.15) is 0 Å². The molecule has 0 aromatic rings. The van der Waals surface area contributed by atoms with Gasteiger partial charge in [0.25, 0.3) is 0 Å². The van der Waals surface area contributed by atoms with Crippen molar-refractivity contribution in [3.05, 3.63) is 0 Å². The van der Waals surface area contributed by atoms with Gasteiger partial charge < -0.3 is 10.2 Å². The summed E-state index contributed by atoms with van der Waals surface area (Å²) in [6.45, 7) is 3.90. The first-order valence-electron chi connectivity index (χ1n) is 2.65. The van der Waals surface area contributed by atoms with E-state index < -0.39 is 11.2 Å². The molecule has 0 heterocycles. The molecule has 0 aromatic heterocycles. The molecule has 1 unspecified atom stereocenters. The molecule has 3 heteroatoms. The molecule has 0 amide bonds. The second kappa shape index (κ2) is 2.08. The number of hydrogen-bond acceptors (Lipinski definition) is 3. The Kier molecular flexibility index (Phi) is 1.98. The Morgan fingerprint density at radius 2 is 1.56 bits per heavy atom. The van der Waals surface area contributed by atoms with Gasteiger partial charge in [0.1, 0.15) is 0 Å². The summed E-state index contributed by atoms with van der Waals surface area (Å²) in [7, 11) is 0. The van der Waals surface area contributed by atoms with Gasteiger partial charge >= 0.3 is 0 Å². The van der Waals surface area contributed by atoms with E-state index in [0.29, 0.717) is 0 Å². The van der Waals surface area contributed by atoms with Crippen molar-refractivity contribution in [2.45, 2.75) is 32.0 Å².